The highest BCUT2D eigenvalue weighted by Gasteiger charge is 2.25. The Morgan fingerprint density at radius 3 is 1.53 bits per heavy atom. The van der Waals surface area contributed by atoms with Gasteiger partial charge in [-0.1, -0.05) is 140 Å². The van der Waals surface area contributed by atoms with Gasteiger partial charge in [-0.05, 0) is 77.0 Å². The molecule has 0 spiro atoms. The number of rotatable bonds is 39. The summed E-state index contributed by atoms with van der Waals surface area (Å²) in [6.07, 6.45) is 44.2. The molecule has 9 nitrogen and oxygen atoms in total. The van der Waals surface area contributed by atoms with Crippen LogP contribution in [0.4, 0.5) is 0 Å². The molecule has 0 rings (SSSR count). The van der Waals surface area contributed by atoms with Crippen LogP contribution in [0.15, 0.2) is 48.6 Å². The average molecular weight is 768 g/mol. The van der Waals surface area contributed by atoms with E-state index in [2.05, 4.69) is 62.5 Å². The quantitative estimate of drug-likeness (QED) is 0.0271. The van der Waals surface area contributed by atoms with Gasteiger partial charge in [-0.25, -0.2) is 4.57 Å². The van der Waals surface area contributed by atoms with Crippen LogP contribution in [-0.2, 0) is 32.7 Å². The van der Waals surface area contributed by atoms with Crippen molar-refractivity contribution >= 4 is 19.8 Å². The monoisotopic (exact) mass is 768 g/mol. The molecule has 1 unspecified atom stereocenters. The van der Waals surface area contributed by atoms with E-state index in [1.54, 1.807) is 0 Å². The molecule has 0 aliphatic heterocycles. The van der Waals surface area contributed by atoms with Gasteiger partial charge < -0.3 is 20.1 Å². The van der Waals surface area contributed by atoms with Crippen LogP contribution < -0.4 is 5.73 Å². The van der Waals surface area contributed by atoms with E-state index in [0.717, 1.165) is 64.2 Å². The zero-order chi connectivity index (χ0) is 38.9. The highest BCUT2D eigenvalue weighted by molar-refractivity contribution is 7.47. The van der Waals surface area contributed by atoms with Gasteiger partial charge in [-0.2, -0.15) is 0 Å². The number of allylic oxidation sites excluding steroid dienone is 8. The maximum absolute atomic E-state index is 12.6. The van der Waals surface area contributed by atoms with Crippen LogP contribution in [0.3, 0.4) is 0 Å². The number of phosphoric ester groups is 1. The van der Waals surface area contributed by atoms with Crippen molar-refractivity contribution in [3.8, 4) is 0 Å². The van der Waals surface area contributed by atoms with Gasteiger partial charge >= 0.3 is 19.8 Å². The van der Waals surface area contributed by atoms with Gasteiger partial charge in [0.1, 0.15) is 6.61 Å². The van der Waals surface area contributed by atoms with Crippen molar-refractivity contribution in [2.75, 3.05) is 26.4 Å². The van der Waals surface area contributed by atoms with Crippen LogP contribution in [0.1, 0.15) is 181 Å². The predicted octanol–water partition coefficient (Wildman–Crippen LogP) is 11.9. The predicted molar refractivity (Wildman–Crippen MR) is 220 cm³/mol. The number of hydrogen-bond acceptors (Lipinski definition) is 8. The number of nitrogens with two attached hydrogens (primary N) is 1. The van der Waals surface area contributed by atoms with Crippen LogP contribution in [0.2, 0.25) is 0 Å². The van der Waals surface area contributed by atoms with Gasteiger partial charge in [0.2, 0.25) is 0 Å². The van der Waals surface area contributed by atoms with Gasteiger partial charge in [-0.3, -0.25) is 18.6 Å². The van der Waals surface area contributed by atoms with Crippen molar-refractivity contribution in [1.82, 2.24) is 0 Å². The van der Waals surface area contributed by atoms with Gasteiger partial charge in [0.05, 0.1) is 13.2 Å². The summed E-state index contributed by atoms with van der Waals surface area (Å²) in [5, 5.41) is 0. The molecule has 0 aromatic heterocycles. The van der Waals surface area contributed by atoms with E-state index in [9.17, 15) is 19.0 Å². The molecule has 0 fully saturated rings. The first-order valence-electron chi connectivity index (χ1n) is 21.1. The second-order valence-electron chi connectivity index (χ2n) is 13.8. The summed E-state index contributed by atoms with van der Waals surface area (Å²) in [6.45, 7) is 3.65. The lowest BCUT2D eigenvalue weighted by Crippen LogP contribution is -2.29. The van der Waals surface area contributed by atoms with Gasteiger partial charge in [0.15, 0.2) is 6.10 Å². The first-order chi connectivity index (χ1) is 25.8. The van der Waals surface area contributed by atoms with Crippen molar-refractivity contribution < 1.29 is 37.6 Å². The van der Waals surface area contributed by atoms with E-state index >= 15 is 0 Å². The average Bonchev–Trinajstić information content (AvgIpc) is 3.14. The summed E-state index contributed by atoms with van der Waals surface area (Å²) >= 11 is 0. The molecular formula is C43H78NO8P. The Bertz CT molecular complexity index is 1010. The third kappa shape index (κ3) is 39.5. The first kappa shape index (κ1) is 51.0. The molecule has 0 heterocycles. The zero-order valence-corrected chi connectivity index (χ0v) is 34.6. The van der Waals surface area contributed by atoms with E-state index in [-0.39, 0.29) is 32.6 Å². The number of hydrogen-bond donors (Lipinski definition) is 2. The molecule has 0 aromatic rings. The number of carbonyl (C=O) groups excluding carboxylic acids is 2. The van der Waals surface area contributed by atoms with Crippen LogP contribution in [0.5, 0.6) is 0 Å². The number of phosphoric acid groups is 1. The van der Waals surface area contributed by atoms with Gasteiger partial charge in [0, 0.05) is 19.4 Å². The standard InChI is InChI=1S/C43H78NO8P/c1-3-5-7-9-11-13-15-17-19-20-22-24-26-28-30-32-34-36-43(46)52-41(40-51-53(47,48)50-38-37-44)39-49-42(45)35-33-31-29-27-25-23-21-18-16-14-12-10-8-6-4-2/h11,13,17,19,22-25,41H,3-10,12,14-16,18,20-21,26-40,44H2,1-2H3,(H,47,48)/b13-11+,19-17+,24-22+,25-23+/t41-/m1/s1. The van der Waals surface area contributed by atoms with Gasteiger partial charge in [-0.15, -0.1) is 0 Å². The molecule has 0 saturated heterocycles. The molecule has 308 valence electrons. The number of unbranched alkanes of at least 4 members (excludes halogenated alkanes) is 18. The molecule has 53 heavy (non-hydrogen) atoms. The topological polar surface area (TPSA) is 134 Å². The molecular weight excluding hydrogens is 689 g/mol. The highest BCUT2D eigenvalue weighted by Crippen LogP contribution is 2.43. The Labute approximate surface area is 324 Å². The second-order valence-corrected chi connectivity index (χ2v) is 15.3. The second kappa shape index (κ2) is 39.7. The van der Waals surface area contributed by atoms with Crippen molar-refractivity contribution in [2.24, 2.45) is 5.73 Å². The molecule has 0 aliphatic carbocycles. The number of ether oxygens (including phenoxy) is 2. The lowest BCUT2D eigenvalue weighted by atomic mass is 10.1. The molecule has 0 aromatic carbocycles. The summed E-state index contributed by atoms with van der Waals surface area (Å²) in [5.41, 5.74) is 5.34. The van der Waals surface area contributed by atoms with E-state index in [4.69, 9.17) is 24.3 Å². The van der Waals surface area contributed by atoms with Crippen LogP contribution >= 0.6 is 7.82 Å². The molecule has 10 heteroatoms. The fourth-order valence-electron chi connectivity index (χ4n) is 5.52. The van der Waals surface area contributed by atoms with Crippen LogP contribution in [-0.4, -0.2) is 49.3 Å². The molecule has 0 radical (unpaired) electrons. The maximum atomic E-state index is 12.6. The summed E-state index contributed by atoms with van der Waals surface area (Å²) < 4.78 is 32.7. The Morgan fingerprint density at radius 2 is 0.981 bits per heavy atom. The van der Waals surface area contributed by atoms with E-state index < -0.39 is 32.5 Å². The third-order valence-corrected chi connectivity index (χ3v) is 9.67. The minimum Gasteiger partial charge on any atom is -0.462 e. The minimum absolute atomic E-state index is 0.0462. The maximum Gasteiger partial charge on any atom is 0.472 e. The summed E-state index contributed by atoms with van der Waals surface area (Å²) in [7, 11) is -4.38. The largest absolute Gasteiger partial charge is 0.472 e. The fraction of sp³-hybridized carbons (Fsp3) is 0.767. The lowest BCUT2D eigenvalue weighted by molar-refractivity contribution is -0.161. The summed E-state index contributed by atoms with van der Waals surface area (Å²) in [6, 6.07) is 0. The summed E-state index contributed by atoms with van der Waals surface area (Å²) in [5.74, 6) is -0.874. The third-order valence-electron chi connectivity index (χ3n) is 8.69. The number of carbonyl (C=O) groups is 2. The zero-order valence-electron chi connectivity index (χ0n) is 33.7. The SMILES string of the molecule is CCCCC/C=C/C/C=C/C/C=C/CCCCCCC(=O)O[C@H](COC(=O)CCCCC/C=C/CCCCCCCCCC)COP(=O)(O)OCCN. The van der Waals surface area contributed by atoms with E-state index in [1.165, 1.54) is 77.0 Å². The number of esters is 2. The van der Waals surface area contributed by atoms with Gasteiger partial charge in [0.25, 0.3) is 0 Å². The smallest absolute Gasteiger partial charge is 0.462 e. The molecule has 2 atom stereocenters. The fourth-order valence-corrected chi connectivity index (χ4v) is 6.28. The molecule has 0 amide bonds. The Morgan fingerprint density at radius 1 is 0.566 bits per heavy atom. The van der Waals surface area contributed by atoms with Crippen molar-refractivity contribution in [3.05, 3.63) is 48.6 Å². The molecule has 3 N–H and O–H groups in total. The first-order valence-corrected chi connectivity index (χ1v) is 22.6. The molecule has 0 aliphatic rings. The Kier molecular flexibility index (Phi) is 38.1. The highest BCUT2D eigenvalue weighted by atomic mass is 31.2. The van der Waals surface area contributed by atoms with Crippen molar-refractivity contribution in [1.29, 1.82) is 0 Å². The Balaban J connectivity index is 4.25. The molecule has 0 saturated carbocycles. The van der Waals surface area contributed by atoms with Crippen molar-refractivity contribution in [3.63, 3.8) is 0 Å². The Hall–Kier alpha value is -2.03. The van der Waals surface area contributed by atoms with E-state index in [0.29, 0.717) is 12.8 Å². The van der Waals surface area contributed by atoms with Crippen molar-refractivity contribution in [2.45, 2.75) is 187 Å². The summed E-state index contributed by atoms with van der Waals surface area (Å²) in [4.78, 5) is 34.8. The normalized spacial score (nSPS) is 13.8. The van der Waals surface area contributed by atoms with Crippen LogP contribution in [0, 0.1) is 0 Å². The minimum atomic E-state index is -4.38. The van der Waals surface area contributed by atoms with E-state index in [1.807, 2.05) is 0 Å². The van der Waals surface area contributed by atoms with Crippen LogP contribution in [0.25, 0.3) is 0 Å². The lowest BCUT2D eigenvalue weighted by Gasteiger charge is -2.19. The molecule has 0 bridgehead atoms.